The molecule has 2 heteroatoms. The molecule has 0 bridgehead atoms. The predicted octanol–water partition coefficient (Wildman–Crippen LogP) is 14.4. The van der Waals surface area contributed by atoms with E-state index in [9.17, 15) is 4.79 Å². The average Bonchev–Trinajstić information content (AvgIpc) is 3.07. The number of carbonyl (C=O) groups is 1. The monoisotopic (exact) mass is 689 g/mol. The highest BCUT2D eigenvalue weighted by atomic mass is 16.5. The van der Waals surface area contributed by atoms with Crippen LogP contribution in [0.15, 0.2) is 36.0 Å². The molecule has 0 radical (unpaired) electrons. The van der Waals surface area contributed by atoms with Gasteiger partial charge in [0.1, 0.15) is 6.10 Å². The predicted molar refractivity (Wildman–Crippen MR) is 214 cm³/mol. The van der Waals surface area contributed by atoms with E-state index < -0.39 is 0 Å². The molecule has 0 N–H and O–H groups in total. The van der Waals surface area contributed by atoms with E-state index >= 15 is 0 Å². The van der Waals surface area contributed by atoms with Gasteiger partial charge in [0.15, 0.2) is 0 Å². The number of esters is 1. The highest BCUT2D eigenvalue weighted by Gasteiger charge is 2.68. The van der Waals surface area contributed by atoms with Crippen LogP contribution in [0.1, 0.15) is 197 Å². The molecule has 0 aliphatic heterocycles. The highest BCUT2D eigenvalue weighted by Crippen LogP contribution is 2.75. The van der Waals surface area contributed by atoms with Gasteiger partial charge in [-0.05, 0) is 148 Å². The second-order valence-electron chi connectivity index (χ2n) is 20.1. The number of carbonyl (C=O) groups excluding carboxylic acids is 1. The lowest BCUT2D eigenvalue weighted by Gasteiger charge is -2.71. The molecule has 50 heavy (non-hydrogen) atoms. The molecule has 0 heterocycles. The third-order valence-electron chi connectivity index (χ3n) is 16.9. The maximum absolute atomic E-state index is 13.2. The van der Waals surface area contributed by atoms with Gasteiger partial charge in [0.25, 0.3) is 0 Å². The number of allylic oxidation sites excluding steroid dienone is 6. The van der Waals surface area contributed by atoms with Gasteiger partial charge in [-0.2, -0.15) is 0 Å². The van der Waals surface area contributed by atoms with Crippen molar-refractivity contribution in [2.24, 2.45) is 56.7 Å². The van der Waals surface area contributed by atoms with Crippen LogP contribution in [0.25, 0.3) is 0 Å². The Kier molecular flexibility index (Phi) is 13.1. The van der Waals surface area contributed by atoms with Crippen LogP contribution in [0.3, 0.4) is 0 Å². The first-order valence-electron chi connectivity index (χ1n) is 21.9. The summed E-state index contributed by atoms with van der Waals surface area (Å²) in [7, 11) is 0. The van der Waals surface area contributed by atoms with E-state index in [2.05, 4.69) is 92.7 Å². The van der Waals surface area contributed by atoms with Crippen molar-refractivity contribution in [1.29, 1.82) is 0 Å². The quantitative estimate of drug-likeness (QED) is 0.0972. The standard InChI is InChI=1S/C48H80O2/c1-10-11-12-13-14-15-16-17-18-19-20-21-22-23-24-25-42(49)50-41-30-32-46(7)39(44(41,4)5)29-33-48(9)40(46)27-26-38-43-37(3)36(2)28-31-45(43,6)34-35-47(38,48)8/h14-15,17-18,26,36-37,39-41,43H,10-13,16,19-25,27-35H2,1-9H3/b15-14+,18-17+/t36?,37-,39?,40?,41-,43?,45+,46-,47?,48+/m0/s1. The minimum atomic E-state index is 0.0195. The Morgan fingerprint density at radius 1 is 0.760 bits per heavy atom. The van der Waals surface area contributed by atoms with Gasteiger partial charge in [-0.3, -0.25) is 4.79 Å². The van der Waals surface area contributed by atoms with Crippen LogP contribution < -0.4 is 0 Å². The van der Waals surface area contributed by atoms with Gasteiger partial charge in [0.2, 0.25) is 0 Å². The fourth-order valence-electron chi connectivity index (χ4n) is 13.3. The van der Waals surface area contributed by atoms with Crippen LogP contribution in [0, 0.1) is 56.7 Å². The Hall–Kier alpha value is -1.31. The third-order valence-corrected chi connectivity index (χ3v) is 16.9. The average molecular weight is 689 g/mol. The zero-order chi connectivity index (χ0) is 36.2. The van der Waals surface area contributed by atoms with Crippen LogP contribution in [-0.2, 0) is 9.53 Å². The van der Waals surface area contributed by atoms with E-state index in [0.717, 1.165) is 43.4 Å². The summed E-state index contributed by atoms with van der Waals surface area (Å²) < 4.78 is 6.41. The summed E-state index contributed by atoms with van der Waals surface area (Å²) >= 11 is 0. The molecular formula is C48H80O2. The fourth-order valence-corrected chi connectivity index (χ4v) is 13.3. The topological polar surface area (TPSA) is 26.3 Å². The molecule has 0 aromatic rings. The second kappa shape index (κ2) is 16.4. The molecule has 2 nitrogen and oxygen atoms in total. The van der Waals surface area contributed by atoms with Crippen molar-refractivity contribution in [2.45, 2.75) is 203 Å². The van der Waals surface area contributed by atoms with Crippen molar-refractivity contribution >= 4 is 5.97 Å². The fraction of sp³-hybridized carbons (Fsp3) is 0.854. The molecular weight excluding hydrogens is 609 g/mol. The molecule has 5 unspecified atom stereocenters. The molecule has 10 atom stereocenters. The number of hydrogen-bond acceptors (Lipinski definition) is 2. The Morgan fingerprint density at radius 3 is 2.16 bits per heavy atom. The molecule has 0 aromatic carbocycles. The summed E-state index contributed by atoms with van der Waals surface area (Å²) in [5.41, 5.74) is 3.36. The Labute approximate surface area is 310 Å². The summed E-state index contributed by atoms with van der Waals surface area (Å²) in [5, 5.41) is 0. The maximum Gasteiger partial charge on any atom is 0.306 e. The van der Waals surface area contributed by atoms with E-state index in [4.69, 9.17) is 4.74 Å². The number of rotatable bonds is 15. The van der Waals surface area contributed by atoms with Crippen molar-refractivity contribution in [3.63, 3.8) is 0 Å². The molecule has 5 rings (SSSR count). The molecule has 0 aromatic heterocycles. The highest BCUT2D eigenvalue weighted by molar-refractivity contribution is 5.69. The van der Waals surface area contributed by atoms with Gasteiger partial charge in [-0.1, -0.05) is 130 Å². The van der Waals surface area contributed by atoms with Crippen LogP contribution in [0.4, 0.5) is 0 Å². The molecule has 0 spiro atoms. The van der Waals surface area contributed by atoms with Crippen molar-refractivity contribution in [3.05, 3.63) is 36.0 Å². The lowest BCUT2D eigenvalue weighted by Crippen LogP contribution is -2.65. The van der Waals surface area contributed by atoms with E-state index in [1.807, 2.05) is 5.57 Å². The third kappa shape index (κ3) is 7.68. The van der Waals surface area contributed by atoms with Gasteiger partial charge in [0.05, 0.1) is 0 Å². The van der Waals surface area contributed by atoms with Crippen molar-refractivity contribution in [3.8, 4) is 0 Å². The summed E-state index contributed by atoms with van der Waals surface area (Å²) in [4.78, 5) is 13.2. The summed E-state index contributed by atoms with van der Waals surface area (Å²) in [6.07, 6.45) is 37.8. The Balaban J connectivity index is 1.10. The van der Waals surface area contributed by atoms with E-state index in [1.165, 1.54) is 103 Å². The molecule has 4 fully saturated rings. The second-order valence-corrected chi connectivity index (χ2v) is 20.1. The Morgan fingerprint density at radius 2 is 1.44 bits per heavy atom. The zero-order valence-corrected chi connectivity index (χ0v) is 34.5. The number of unbranched alkanes of at least 4 members (excludes halogenated alkanes) is 8. The molecule has 5 aliphatic carbocycles. The first-order chi connectivity index (χ1) is 23.7. The van der Waals surface area contributed by atoms with Crippen molar-refractivity contribution in [2.75, 3.05) is 0 Å². The largest absolute Gasteiger partial charge is 0.462 e. The lowest BCUT2D eigenvalue weighted by atomic mass is 9.33. The zero-order valence-electron chi connectivity index (χ0n) is 34.5. The SMILES string of the molecule is CCCCC/C=C/C/C=C/CCCCCCCC(=O)O[C@H]1CC[C@@]2(C)C(CC[C@]3(C)C2CC=C2C4[C@@H](C)C(C)CC[C@]4(C)CCC23C)C1(C)C. The number of ether oxygens (including phenoxy) is 1. The van der Waals surface area contributed by atoms with Gasteiger partial charge in [-0.15, -0.1) is 0 Å². The van der Waals surface area contributed by atoms with Gasteiger partial charge in [-0.25, -0.2) is 0 Å². The number of hydrogen-bond donors (Lipinski definition) is 0. The summed E-state index contributed by atoms with van der Waals surface area (Å²) in [6, 6.07) is 0. The van der Waals surface area contributed by atoms with Crippen molar-refractivity contribution in [1.82, 2.24) is 0 Å². The summed E-state index contributed by atoms with van der Waals surface area (Å²) in [5.74, 6) is 3.77. The minimum absolute atomic E-state index is 0.0195. The molecule has 284 valence electrons. The van der Waals surface area contributed by atoms with Crippen molar-refractivity contribution < 1.29 is 9.53 Å². The minimum Gasteiger partial charge on any atom is -0.462 e. The molecule has 0 amide bonds. The molecule has 5 aliphatic rings. The smallest absolute Gasteiger partial charge is 0.306 e. The van der Waals surface area contributed by atoms with E-state index in [-0.39, 0.29) is 17.5 Å². The van der Waals surface area contributed by atoms with Crippen LogP contribution in [-0.4, -0.2) is 12.1 Å². The Bertz CT molecular complexity index is 1220. The molecule has 0 saturated heterocycles. The lowest BCUT2D eigenvalue weighted by molar-refractivity contribution is -0.213. The van der Waals surface area contributed by atoms with E-state index in [0.29, 0.717) is 39.9 Å². The normalized spacial score (nSPS) is 40.9. The number of fused-ring (bicyclic) bond motifs is 7. The first kappa shape index (κ1) is 39.9. The maximum atomic E-state index is 13.2. The van der Waals surface area contributed by atoms with Gasteiger partial charge < -0.3 is 4.74 Å². The van der Waals surface area contributed by atoms with E-state index in [1.54, 1.807) is 0 Å². The molecule has 4 saturated carbocycles. The summed E-state index contributed by atoms with van der Waals surface area (Å²) in [6.45, 7) is 23.1. The van der Waals surface area contributed by atoms with Crippen LogP contribution in [0.2, 0.25) is 0 Å². The van der Waals surface area contributed by atoms with Crippen LogP contribution >= 0.6 is 0 Å². The van der Waals surface area contributed by atoms with Gasteiger partial charge >= 0.3 is 5.97 Å². The first-order valence-corrected chi connectivity index (χ1v) is 21.9. The van der Waals surface area contributed by atoms with Crippen LogP contribution in [0.5, 0.6) is 0 Å². The van der Waals surface area contributed by atoms with Gasteiger partial charge in [0, 0.05) is 11.8 Å².